The number of para-hydroxylation sites is 1. The molecule has 3 heterocycles. The Morgan fingerprint density at radius 1 is 1.00 bits per heavy atom. The first-order chi connectivity index (χ1) is 13.2. The van der Waals surface area contributed by atoms with Crippen LogP contribution in [0.5, 0.6) is 0 Å². The van der Waals surface area contributed by atoms with Gasteiger partial charge in [-0.15, -0.1) is 0 Å². The van der Waals surface area contributed by atoms with E-state index in [1.54, 1.807) is 18.0 Å². The van der Waals surface area contributed by atoms with E-state index in [-0.39, 0.29) is 0 Å². The Morgan fingerprint density at radius 2 is 1.85 bits per heavy atom. The minimum absolute atomic E-state index is 0.586. The summed E-state index contributed by atoms with van der Waals surface area (Å²) < 4.78 is 3.07. The molecule has 0 spiro atoms. The zero-order chi connectivity index (χ0) is 18.2. The highest BCUT2D eigenvalue weighted by Crippen LogP contribution is 2.33. The summed E-state index contributed by atoms with van der Waals surface area (Å²) in [5.41, 5.74) is 8.65. The summed E-state index contributed by atoms with van der Waals surface area (Å²) in [5, 5.41) is 4.94. The third-order valence-electron chi connectivity index (χ3n) is 3.99. The molecule has 5 aromatic rings. The fraction of sp³-hybridized carbons (Fsp3) is 0. The van der Waals surface area contributed by atoms with Gasteiger partial charge in [0.25, 0.3) is 0 Å². The van der Waals surface area contributed by atoms with Gasteiger partial charge >= 0.3 is 0 Å². The van der Waals surface area contributed by atoms with Crippen molar-refractivity contribution >= 4 is 55.6 Å². The van der Waals surface area contributed by atoms with E-state index in [9.17, 15) is 0 Å². The molecule has 0 aliphatic carbocycles. The Balaban J connectivity index is 1.47. The largest absolute Gasteiger partial charge is 0.375 e. The van der Waals surface area contributed by atoms with Gasteiger partial charge in [-0.1, -0.05) is 41.3 Å². The van der Waals surface area contributed by atoms with Crippen molar-refractivity contribution in [1.82, 2.24) is 19.4 Å². The molecular formula is C19H14N6S2. The van der Waals surface area contributed by atoms with Gasteiger partial charge in [0.15, 0.2) is 5.13 Å². The fourth-order valence-corrected chi connectivity index (χ4v) is 4.53. The predicted molar refractivity (Wildman–Crippen MR) is 111 cm³/mol. The molecule has 0 amide bonds. The molecule has 0 aliphatic heterocycles. The van der Waals surface area contributed by atoms with Crippen molar-refractivity contribution in [2.45, 2.75) is 9.92 Å². The lowest BCUT2D eigenvalue weighted by molar-refractivity contribution is 1.01. The summed E-state index contributed by atoms with van der Waals surface area (Å²) >= 11 is 3.13. The molecule has 0 aliphatic rings. The van der Waals surface area contributed by atoms with E-state index in [4.69, 9.17) is 5.73 Å². The molecule has 3 aromatic heterocycles. The van der Waals surface area contributed by atoms with Crippen LogP contribution in [0, 0.1) is 0 Å². The van der Waals surface area contributed by atoms with Gasteiger partial charge in [-0.3, -0.25) is 4.40 Å². The van der Waals surface area contributed by atoms with E-state index in [0.717, 1.165) is 31.5 Å². The first-order valence-corrected chi connectivity index (χ1v) is 9.87. The third kappa shape index (κ3) is 3.20. The van der Waals surface area contributed by atoms with E-state index < -0.39 is 0 Å². The van der Waals surface area contributed by atoms with E-state index in [1.807, 2.05) is 59.3 Å². The molecule has 0 bridgehead atoms. The van der Waals surface area contributed by atoms with Crippen LogP contribution in [0.1, 0.15) is 0 Å². The SMILES string of the molecule is Nc1nc2ccc(Sc3cnc4ncc(Nc5ccccc5)cn34)cc2s1. The average molecular weight is 390 g/mol. The van der Waals surface area contributed by atoms with Crippen molar-refractivity contribution in [2.24, 2.45) is 0 Å². The number of nitrogens with zero attached hydrogens (tertiary/aromatic N) is 4. The molecule has 0 saturated heterocycles. The topological polar surface area (TPSA) is 81.1 Å². The number of nitrogen functional groups attached to an aromatic ring is 1. The van der Waals surface area contributed by atoms with Crippen LogP contribution < -0.4 is 11.1 Å². The van der Waals surface area contributed by atoms with Gasteiger partial charge in [0.05, 0.1) is 28.3 Å². The number of hydrogen-bond donors (Lipinski definition) is 2. The van der Waals surface area contributed by atoms with E-state index in [2.05, 4.69) is 26.3 Å². The summed E-state index contributed by atoms with van der Waals surface area (Å²) in [6.45, 7) is 0. The van der Waals surface area contributed by atoms with Crippen molar-refractivity contribution in [3.8, 4) is 0 Å². The number of nitrogens with one attached hydrogen (secondary N) is 1. The second kappa shape index (κ2) is 6.57. The molecule has 0 fully saturated rings. The predicted octanol–water partition coefficient (Wildman–Crippen LogP) is 4.82. The Hall–Kier alpha value is -3.10. The lowest BCUT2D eigenvalue weighted by atomic mass is 10.3. The van der Waals surface area contributed by atoms with Gasteiger partial charge in [-0.2, -0.15) is 0 Å². The van der Waals surface area contributed by atoms with Crippen molar-refractivity contribution in [3.05, 3.63) is 67.1 Å². The van der Waals surface area contributed by atoms with Crippen molar-refractivity contribution in [3.63, 3.8) is 0 Å². The molecule has 0 unspecified atom stereocenters. The lowest BCUT2D eigenvalue weighted by Gasteiger charge is -2.07. The molecule has 0 radical (unpaired) electrons. The summed E-state index contributed by atoms with van der Waals surface area (Å²) in [6, 6.07) is 16.2. The lowest BCUT2D eigenvalue weighted by Crippen LogP contribution is -1.96. The number of rotatable bonds is 4. The van der Waals surface area contributed by atoms with Gasteiger partial charge in [-0.25, -0.2) is 15.0 Å². The molecule has 27 heavy (non-hydrogen) atoms. The van der Waals surface area contributed by atoms with Crippen LogP contribution >= 0.6 is 23.1 Å². The number of aromatic nitrogens is 4. The first-order valence-electron chi connectivity index (χ1n) is 8.24. The number of hydrogen-bond acceptors (Lipinski definition) is 7. The van der Waals surface area contributed by atoms with Gasteiger partial charge < -0.3 is 11.1 Å². The second-order valence-corrected chi connectivity index (χ2v) is 8.04. The highest BCUT2D eigenvalue weighted by atomic mass is 32.2. The molecule has 8 heteroatoms. The van der Waals surface area contributed by atoms with Crippen LogP contribution in [-0.4, -0.2) is 19.4 Å². The van der Waals surface area contributed by atoms with Crippen LogP contribution in [0.15, 0.2) is 77.0 Å². The Kier molecular flexibility index (Phi) is 3.92. The van der Waals surface area contributed by atoms with E-state index in [1.165, 1.54) is 11.3 Å². The molecule has 0 saturated carbocycles. The van der Waals surface area contributed by atoms with Crippen LogP contribution in [0.2, 0.25) is 0 Å². The maximum Gasteiger partial charge on any atom is 0.234 e. The minimum atomic E-state index is 0.586. The van der Waals surface area contributed by atoms with E-state index in [0.29, 0.717) is 10.9 Å². The minimum Gasteiger partial charge on any atom is -0.375 e. The molecule has 0 atom stereocenters. The highest BCUT2D eigenvalue weighted by molar-refractivity contribution is 7.99. The molecular weight excluding hydrogens is 376 g/mol. The molecule has 3 N–H and O–H groups in total. The average Bonchev–Trinajstić information content (AvgIpc) is 3.25. The van der Waals surface area contributed by atoms with Crippen molar-refractivity contribution < 1.29 is 0 Å². The Bertz CT molecular complexity index is 1250. The first kappa shape index (κ1) is 16.1. The molecule has 6 nitrogen and oxygen atoms in total. The maximum atomic E-state index is 5.80. The number of anilines is 3. The second-order valence-electron chi connectivity index (χ2n) is 5.88. The summed E-state index contributed by atoms with van der Waals surface area (Å²) in [6.07, 6.45) is 5.63. The fourth-order valence-electron chi connectivity index (χ4n) is 2.79. The summed E-state index contributed by atoms with van der Waals surface area (Å²) in [7, 11) is 0. The monoisotopic (exact) mass is 390 g/mol. The van der Waals surface area contributed by atoms with Crippen molar-refractivity contribution in [1.29, 1.82) is 0 Å². The van der Waals surface area contributed by atoms with Gasteiger partial charge in [-0.05, 0) is 30.3 Å². The zero-order valence-electron chi connectivity index (χ0n) is 14.0. The summed E-state index contributed by atoms with van der Waals surface area (Å²) in [5.74, 6) is 0.666. The van der Waals surface area contributed by atoms with E-state index >= 15 is 0 Å². The number of fused-ring (bicyclic) bond motifs is 2. The van der Waals surface area contributed by atoms with Crippen molar-refractivity contribution in [2.75, 3.05) is 11.1 Å². The smallest absolute Gasteiger partial charge is 0.234 e. The van der Waals surface area contributed by atoms with Crippen LogP contribution in [0.4, 0.5) is 16.5 Å². The van der Waals surface area contributed by atoms with Crippen LogP contribution in [0.3, 0.4) is 0 Å². The van der Waals surface area contributed by atoms with Crippen LogP contribution in [0.25, 0.3) is 16.0 Å². The third-order valence-corrected chi connectivity index (χ3v) is 5.84. The standard InChI is InChI=1S/C19H14N6S2/c20-18-24-15-7-6-14(8-16(15)27-18)26-17-10-22-19-21-9-13(11-25(17)19)23-12-4-2-1-3-5-12/h1-11,23H,(H2,20,24). The number of benzene rings is 2. The number of imidazole rings is 1. The maximum absolute atomic E-state index is 5.80. The zero-order valence-corrected chi connectivity index (χ0v) is 15.7. The normalized spacial score (nSPS) is 11.3. The quantitative estimate of drug-likeness (QED) is 0.458. The van der Waals surface area contributed by atoms with Gasteiger partial charge in [0, 0.05) is 16.8 Å². The van der Waals surface area contributed by atoms with Gasteiger partial charge in [0.2, 0.25) is 5.78 Å². The molecule has 2 aromatic carbocycles. The number of nitrogens with two attached hydrogens (primary N) is 1. The molecule has 5 rings (SSSR count). The van der Waals surface area contributed by atoms with Gasteiger partial charge in [0.1, 0.15) is 5.03 Å². The number of thiazole rings is 1. The molecule has 132 valence electrons. The summed E-state index contributed by atoms with van der Waals surface area (Å²) in [4.78, 5) is 14.3. The Morgan fingerprint density at radius 3 is 2.74 bits per heavy atom. The van der Waals surface area contributed by atoms with Crippen LogP contribution in [-0.2, 0) is 0 Å². The highest BCUT2D eigenvalue weighted by Gasteiger charge is 2.09. The Labute approximate surface area is 163 Å².